The second-order valence-corrected chi connectivity index (χ2v) is 7.11. The van der Waals surface area contributed by atoms with Gasteiger partial charge in [-0.15, -0.1) is 0 Å². The summed E-state index contributed by atoms with van der Waals surface area (Å²) in [7, 11) is 1.54. The number of rotatable bonds is 3. The van der Waals surface area contributed by atoms with Crippen LogP contribution in [0.3, 0.4) is 0 Å². The summed E-state index contributed by atoms with van der Waals surface area (Å²) >= 11 is 6.06. The maximum absolute atomic E-state index is 13.4. The Morgan fingerprint density at radius 2 is 2.03 bits per heavy atom. The summed E-state index contributed by atoms with van der Waals surface area (Å²) < 4.78 is 11.1. The summed E-state index contributed by atoms with van der Waals surface area (Å²) in [4.78, 5) is 38.6. The van der Waals surface area contributed by atoms with Crippen LogP contribution in [0.4, 0.5) is 11.4 Å². The molecule has 0 saturated carbocycles. The Kier molecular flexibility index (Phi) is 5.02. The molecule has 1 atom stereocenters. The smallest absolute Gasteiger partial charge is 0.262 e. The molecule has 0 aliphatic carbocycles. The summed E-state index contributed by atoms with van der Waals surface area (Å²) in [6.45, 7) is 0.0867. The molecule has 29 heavy (non-hydrogen) atoms. The van der Waals surface area contributed by atoms with Gasteiger partial charge in [0.15, 0.2) is 6.61 Å². The molecular formula is C20H18ClN3O5. The van der Waals surface area contributed by atoms with E-state index in [0.717, 1.165) is 0 Å². The van der Waals surface area contributed by atoms with Gasteiger partial charge in [-0.2, -0.15) is 0 Å². The highest BCUT2D eigenvalue weighted by Crippen LogP contribution is 2.38. The first-order valence-electron chi connectivity index (χ1n) is 8.99. The van der Waals surface area contributed by atoms with Crippen molar-refractivity contribution in [2.24, 2.45) is 0 Å². The molecule has 0 radical (unpaired) electrons. The van der Waals surface area contributed by atoms with Crippen LogP contribution in [0.15, 0.2) is 36.4 Å². The van der Waals surface area contributed by atoms with E-state index in [1.165, 1.54) is 11.9 Å². The lowest BCUT2D eigenvalue weighted by atomic mass is 10.0. The Morgan fingerprint density at radius 3 is 2.83 bits per heavy atom. The fraction of sp³-hybridized carbons (Fsp3) is 0.250. The van der Waals surface area contributed by atoms with Crippen molar-refractivity contribution >= 4 is 40.7 Å². The van der Waals surface area contributed by atoms with E-state index in [1.54, 1.807) is 36.4 Å². The highest BCUT2D eigenvalue weighted by atomic mass is 35.5. The van der Waals surface area contributed by atoms with Crippen molar-refractivity contribution in [2.75, 3.05) is 30.5 Å². The molecule has 2 aromatic rings. The SMILES string of the molecule is CNC(=O)C[C@H]1COc2cc(Cl)ccc2N1C(=O)c1ccc2c(c1)NC(=O)CO2. The number of amides is 3. The van der Waals surface area contributed by atoms with Gasteiger partial charge in [0, 0.05) is 23.7 Å². The fourth-order valence-corrected chi connectivity index (χ4v) is 3.52. The van der Waals surface area contributed by atoms with Gasteiger partial charge >= 0.3 is 0 Å². The van der Waals surface area contributed by atoms with Gasteiger partial charge in [0.1, 0.15) is 18.1 Å². The monoisotopic (exact) mass is 415 g/mol. The molecule has 0 spiro atoms. The number of carbonyl (C=O) groups is 3. The minimum Gasteiger partial charge on any atom is -0.489 e. The van der Waals surface area contributed by atoms with Crippen LogP contribution in [0.25, 0.3) is 0 Å². The fourth-order valence-electron chi connectivity index (χ4n) is 3.36. The van der Waals surface area contributed by atoms with Crippen molar-refractivity contribution in [3.05, 3.63) is 47.0 Å². The van der Waals surface area contributed by atoms with Gasteiger partial charge in [-0.05, 0) is 30.3 Å². The Hall–Kier alpha value is -3.26. The van der Waals surface area contributed by atoms with Crippen LogP contribution in [0.5, 0.6) is 11.5 Å². The van der Waals surface area contributed by atoms with Crippen LogP contribution in [-0.2, 0) is 9.59 Å². The summed E-state index contributed by atoms with van der Waals surface area (Å²) in [5, 5.41) is 5.75. The van der Waals surface area contributed by atoms with Crippen LogP contribution < -0.4 is 25.0 Å². The normalized spacial score (nSPS) is 17.2. The second-order valence-electron chi connectivity index (χ2n) is 6.68. The zero-order chi connectivity index (χ0) is 20.5. The number of carbonyl (C=O) groups excluding carboxylic acids is 3. The molecule has 0 aromatic heterocycles. The van der Waals surface area contributed by atoms with Gasteiger partial charge in [0.25, 0.3) is 11.8 Å². The number of ether oxygens (including phenoxy) is 2. The van der Waals surface area contributed by atoms with Crippen molar-refractivity contribution < 1.29 is 23.9 Å². The molecule has 3 amide bonds. The summed E-state index contributed by atoms with van der Waals surface area (Å²) in [5.41, 5.74) is 1.30. The summed E-state index contributed by atoms with van der Waals surface area (Å²) in [5.74, 6) is 0.144. The molecule has 9 heteroatoms. The van der Waals surface area contributed by atoms with Crippen LogP contribution in [0, 0.1) is 0 Å². The highest BCUT2D eigenvalue weighted by molar-refractivity contribution is 6.31. The minimum atomic E-state index is -0.502. The Bertz CT molecular complexity index is 1010. The maximum Gasteiger partial charge on any atom is 0.262 e. The number of anilines is 2. The maximum atomic E-state index is 13.4. The Morgan fingerprint density at radius 1 is 1.21 bits per heavy atom. The van der Waals surface area contributed by atoms with E-state index in [9.17, 15) is 14.4 Å². The molecule has 2 aliphatic rings. The molecule has 8 nitrogen and oxygen atoms in total. The number of hydrogen-bond acceptors (Lipinski definition) is 5. The molecule has 2 aliphatic heterocycles. The van der Waals surface area contributed by atoms with E-state index in [4.69, 9.17) is 21.1 Å². The Balaban J connectivity index is 1.72. The number of benzene rings is 2. The summed E-state index contributed by atoms with van der Waals surface area (Å²) in [6.07, 6.45) is 0.0785. The number of fused-ring (bicyclic) bond motifs is 2. The third-order valence-corrected chi connectivity index (χ3v) is 4.99. The second kappa shape index (κ2) is 7.63. The largest absolute Gasteiger partial charge is 0.489 e. The van der Waals surface area contributed by atoms with E-state index >= 15 is 0 Å². The van der Waals surface area contributed by atoms with Crippen LogP contribution in [0.1, 0.15) is 16.8 Å². The first-order valence-corrected chi connectivity index (χ1v) is 9.37. The van der Waals surface area contributed by atoms with Crippen molar-refractivity contribution in [2.45, 2.75) is 12.5 Å². The first-order chi connectivity index (χ1) is 14.0. The van der Waals surface area contributed by atoms with Crippen LogP contribution in [-0.4, -0.2) is 44.0 Å². The average molecular weight is 416 g/mol. The Labute approximate surface area is 171 Å². The van der Waals surface area contributed by atoms with Crippen molar-refractivity contribution in [1.82, 2.24) is 5.32 Å². The number of nitrogens with zero attached hydrogens (tertiary/aromatic N) is 1. The molecule has 4 rings (SSSR count). The van der Waals surface area contributed by atoms with E-state index < -0.39 is 6.04 Å². The minimum absolute atomic E-state index is 0.0634. The topological polar surface area (TPSA) is 97.0 Å². The van der Waals surface area contributed by atoms with Crippen LogP contribution >= 0.6 is 11.6 Å². The third-order valence-electron chi connectivity index (χ3n) is 4.76. The molecule has 150 valence electrons. The standard InChI is InChI=1S/C20H18ClN3O5/c1-22-18(25)8-13-9-28-17-7-12(21)3-4-15(17)24(13)20(27)11-2-5-16-14(6-11)23-19(26)10-29-16/h2-7,13H,8-10H2,1H3,(H,22,25)(H,23,26)/t13-/m0/s1. The van der Waals surface area contributed by atoms with E-state index in [1.807, 2.05) is 0 Å². The lowest BCUT2D eigenvalue weighted by Gasteiger charge is -2.37. The molecule has 2 heterocycles. The number of nitrogens with one attached hydrogen (secondary N) is 2. The van der Waals surface area contributed by atoms with Gasteiger partial charge in [-0.1, -0.05) is 11.6 Å². The van der Waals surface area contributed by atoms with E-state index in [-0.39, 0.29) is 37.4 Å². The lowest BCUT2D eigenvalue weighted by molar-refractivity contribution is -0.121. The highest BCUT2D eigenvalue weighted by Gasteiger charge is 2.35. The first kappa shape index (κ1) is 19.1. The zero-order valence-corrected chi connectivity index (χ0v) is 16.3. The molecule has 0 bridgehead atoms. The van der Waals surface area contributed by atoms with Gasteiger partial charge in [-0.25, -0.2) is 0 Å². The molecule has 0 saturated heterocycles. The predicted molar refractivity (Wildman–Crippen MR) is 107 cm³/mol. The van der Waals surface area contributed by atoms with Gasteiger partial charge in [-0.3, -0.25) is 19.3 Å². The molecule has 2 aromatic carbocycles. The predicted octanol–water partition coefficient (Wildman–Crippen LogP) is 2.21. The molecule has 0 fully saturated rings. The van der Waals surface area contributed by atoms with E-state index in [2.05, 4.69) is 10.6 Å². The molecular weight excluding hydrogens is 398 g/mol. The lowest BCUT2D eigenvalue weighted by Crippen LogP contribution is -2.49. The summed E-state index contributed by atoms with van der Waals surface area (Å²) in [6, 6.07) is 9.31. The van der Waals surface area contributed by atoms with E-state index in [0.29, 0.717) is 33.5 Å². The zero-order valence-electron chi connectivity index (χ0n) is 15.5. The number of halogens is 1. The van der Waals surface area contributed by atoms with Crippen molar-refractivity contribution in [1.29, 1.82) is 0 Å². The van der Waals surface area contributed by atoms with Gasteiger partial charge in [0.05, 0.1) is 23.8 Å². The third kappa shape index (κ3) is 3.71. The van der Waals surface area contributed by atoms with Crippen molar-refractivity contribution in [3.63, 3.8) is 0 Å². The van der Waals surface area contributed by atoms with Gasteiger partial charge < -0.3 is 20.1 Å². The van der Waals surface area contributed by atoms with Crippen LogP contribution in [0.2, 0.25) is 5.02 Å². The molecule has 0 unspecified atom stereocenters. The number of hydrogen-bond donors (Lipinski definition) is 2. The average Bonchev–Trinajstić information content (AvgIpc) is 2.72. The van der Waals surface area contributed by atoms with Gasteiger partial charge in [0.2, 0.25) is 5.91 Å². The van der Waals surface area contributed by atoms with Crippen molar-refractivity contribution in [3.8, 4) is 11.5 Å². The quantitative estimate of drug-likeness (QED) is 0.801. The molecule has 2 N–H and O–H groups in total.